The maximum atomic E-state index is 13.4. The number of rotatable bonds is 11. The number of imidazole rings is 1. The number of aromatic nitrogens is 2. The number of anilines is 1. The molecule has 12 heteroatoms. The Hall–Kier alpha value is -1.92. The van der Waals surface area contributed by atoms with Crippen LogP contribution in [0.1, 0.15) is 62.4 Å². The number of sulfonamides is 1. The van der Waals surface area contributed by atoms with E-state index in [1.165, 1.54) is 27.7 Å². The van der Waals surface area contributed by atoms with Gasteiger partial charge in [-0.25, -0.2) is 18.0 Å². The van der Waals surface area contributed by atoms with Crippen molar-refractivity contribution in [2.45, 2.75) is 69.9 Å². The first kappa shape index (κ1) is 26.7. The first-order valence-corrected chi connectivity index (χ1v) is 14.6. The van der Waals surface area contributed by atoms with E-state index in [4.69, 9.17) is 4.74 Å². The Bertz CT molecular complexity index is 1200. The van der Waals surface area contributed by atoms with Gasteiger partial charge in [0.1, 0.15) is 5.69 Å². The second-order valence-corrected chi connectivity index (χ2v) is 12.3. The number of carbonyl (C=O) groups excluding carboxylic acids is 1. The van der Waals surface area contributed by atoms with E-state index in [1.54, 1.807) is 13.8 Å². The lowest BCUT2D eigenvalue weighted by Gasteiger charge is -2.20. The highest BCUT2D eigenvalue weighted by atomic mass is 32.2. The van der Waals surface area contributed by atoms with Crippen molar-refractivity contribution in [3.63, 3.8) is 0 Å². The molecule has 2 aliphatic heterocycles. The Balaban J connectivity index is 2.01. The highest BCUT2D eigenvalue weighted by molar-refractivity contribution is 8.01. The van der Waals surface area contributed by atoms with Gasteiger partial charge in [0.15, 0.2) is 5.82 Å². The Kier molecular flexibility index (Phi) is 9.16. The minimum Gasteiger partial charge on any atom is -0.463 e. The number of aryl methyl sites for hydroxylation is 1. The molecular weight excluding hydrogens is 501 g/mol. The van der Waals surface area contributed by atoms with Crippen molar-refractivity contribution in [2.75, 3.05) is 23.8 Å². The van der Waals surface area contributed by atoms with Crippen molar-refractivity contribution in [3.05, 3.63) is 31.5 Å². The Labute approximate surface area is 207 Å². The number of alkyl halides is 1. The molecule has 0 amide bonds. The third-order valence-corrected chi connectivity index (χ3v) is 9.73. The Morgan fingerprint density at radius 1 is 1.24 bits per heavy atom. The van der Waals surface area contributed by atoms with E-state index in [-0.39, 0.29) is 36.0 Å². The third kappa shape index (κ3) is 5.83. The fraction of sp³-hybridized carbons (Fsp3) is 0.591. The zero-order chi connectivity index (χ0) is 24.9. The predicted octanol–water partition coefficient (Wildman–Crippen LogP) is 4.71. The van der Waals surface area contributed by atoms with E-state index in [1.807, 2.05) is 6.92 Å². The molecule has 1 aliphatic carbocycles. The van der Waals surface area contributed by atoms with E-state index in [0.717, 1.165) is 21.9 Å². The molecule has 0 radical (unpaired) electrons. The number of ether oxygens (including phenoxy) is 1. The molecule has 2 heterocycles. The van der Waals surface area contributed by atoms with Gasteiger partial charge in [-0.1, -0.05) is 6.42 Å². The normalized spacial score (nSPS) is 14.6. The molecule has 3 aliphatic rings. The van der Waals surface area contributed by atoms with Crippen LogP contribution in [0.25, 0.3) is 5.69 Å². The van der Waals surface area contributed by atoms with E-state index < -0.39 is 21.7 Å². The topological polar surface area (TPSA) is 107 Å². The van der Waals surface area contributed by atoms with Crippen LogP contribution in [-0.2, 0) is 19.6 Å². The Morgan fingerprint density at radius 3 is 2.68 bits per heavy atom. The fourth-order valence-corrected chi connectivity index (χ4v) is 7.79. The van der Waals surface area contributed by atoms with Gasteiger partial charge in [-0.2, -0.15) is 4.98 Å². The maximum absolute atomic E-state index is 13.4. The molecule has 0 unspecified atom stereocenters. The number of esters is 1. The minimum absolute atomic E-state index is 0.00117. The Morgan fingerprint density at radius 2 is 1.97 bits per heavy atom. The van der Waals surface area contributed by atoms with E-state index in [9.17, 15) is 22.4 Å². The SMILES string of the molecule is CCOC(=O)C1=C(S(=O)(=O)Nc2nc(=O)n3c(C)c(C)sc(SCCCCCF)c2-3)CCCC1. The quantitative estimate of drug-likeness (QED) is 0.254. The van der Waals surface area contributed by atoms with Crippen LogP contribution in [0.3, 0.4) is 0 Å². The average molecular weight is 532 g/mol. The summed E-state index contributed by atoms with van der Waals surface area (Å²) in [6, 6.07) is 0. The van der Waals surface area contributed by atoms with Crippen LogP contribution in [0.5, 0.6) is 0 Å². The molecule has 1 N–H and O–H groups in total. The van der Waals surface area contributed by atoms with Gasteiger partial charge in [-0.3, -0.25) is 13.7 Å². The first-order chi connectivity index (χ1) is 16.2. The average Bonchev–Trinajstić information content (AvgIpc) is 3.12. The number of allylic oxidation sites excluding steroid dienone is 1. The lowest BCUT2D eigenvalue weighted by Crippen LogP contribution is -2.23. The molecule has 0 bridgehead atoms. The first-order valence-electron chi connectivity index (χ1n) is 11.3. The number of unbranched alkanes of at least 4 members (excludes halogenated alkanes) is 2. The zero-order valence-corrected chi connectivity index (χ0v) is 22.1. The molecule has 3 rings (SSSR count). The molecule has 8 nitrogen and oxygen atoms in total. The molecule has 0 aromatic carbocycles. The molecule has 0 atom stereocenters. The molecule has 188 valence electrons. The molecule has 0 aromatic rings. The zero-order valence-electron chi connectivity index (χ0n) is 19.6. The number of hydrogen-bond donors (Lipinski definition) is 1. The van der Waals surface area contributed by atoms with Gasteiger partial charge in [-0.05, 0) is 65.0 Å². The summed E-state index contributed by atoms with van der Waals surface area (Å²) >= 11 is 2.97. The number of thioether (sulfide) groups is 1. The molecule has 0 fully saturated rings. The molecule has 0 saturated carbocycles. The largest absolute Gasteiger partial charge is 0.463 e. The number of fused-ring (bicyclic) bond motifs is 1. The van der Waals surface area contributed by atoms with Gasteiger partial charge in [-0.15, -0.1) is 23.1 Å². The van der Waals surface area contributed by atoms with Crippen LogP contribution < -0.4 is 10.4 Å². The van der Waals surface area contributed by atoms with Crippen molar-refractivity contribution < 1.29 is 22.3 Å². The standard InChI is InChI=1S/C22H30FN3O5S3/c1-4-31-20(27)16-10-6-7-11-17(16)34(29,30)25-19-18-21(32-13-9-5-8-12-23)33-15(3)14(2)26(18)22(28)24-19/h4-13H2,1-3H3,(H,24,25,28). The monoisotopic (exact) mass is 531 g/mol. The molecule has 0 spiro atoms. The minimum atomic E-state index is -4.13. The third-order valence-electron chi connectivity index (χ3n) is 5.64. The molecule has 34 heavy (non-hydrogen) atoms. The van der Waals surface area contributed by atoms with Crippen LogP contribution in [-0.4, -0.2) is 43.0 Å². The number of halogens is 1. The van der Waals surface area contributed by atoms with E-state index >= 15 is 0 Å². The van der Waals surface area contributed by atoms with Crippen molar-refractivity contribution >= 4 is 44.9 Å². The number of nitrogens with one attached hydrogen (secondary N) is 1. The lowest BCUT2D eigenvalue weighted by molar-refractivity contribution is -0.138. The second kappa shape index (κ2) is 11.7. The van der Waals surface area contributed by atoms with Crippen molar-refractivity contribution in [2.24, 2.45) is 0 Å². The molecular formula is C22H30FN3O5S3. The van der Waals surface area contributed by atoms with Gasteiger partial charge in [0, 0.05) is 10.6 Å². The summed E-state index contributed by atoms with van der Waals surface area (Å²) in [5.74, 6) is 0.0372. The van der Waals surface area contributed by atoms with Gasteiger partial charge in [0.2, 0.25) is 0 Å². The van der Waals surface area contributed by atoms with Crippen LogP contribution in [0.4, 0.5) is 10.2 Å². The summed E-state index contributed by atoms with van der Waals surface area (Å²) in [6.07, 6.45) is 3.95. The smallest absolute Gasteiger partial charge is 0.354 e. The fourth-order valence-electron chi connectivity index (χ4n) is 3.82. The highest BCUT2D eigenvalue weighted by Gasteiger charge is 2.32. The number of carbonyl (C=O) groups is 1. The van der Waals surface area contributed by atoms with E-state index in [2.05, 4.69) is 9.71 Å². The van der Waals surface area contributed by atoms with Gasteiger partial charge in [0.05, 0.1) is 28.0 Å². The van der Waals surface area contributed by atoms with Crippen molar-refractivity contribution in [3.8, 4) is 5.69 Å². The maximum Gasteiger partial charge on any atom is 0.354 e. The predicted molar refractivity (Wildman–Crippen MR) is 134 cm³/mol. The summed E-state index contributed by atoms with van der Waals surface area (Å²) < 4.78 is 48.8. The summed E-state index contributed by atoms with van der Waals surface area (Å²) in [4.78, 5) is 30.1. The van der Waals surface area contributed by atoms with E-state index in [0.29, 0.717) is 42.8 Å². The van der Waals surface area contributed by atoms with Crippen LogP contribution in [0.15, 0.2) is 19.5 Å². The summed E-state index contributed by atoms with van der Waals surface area (Å²) in [5.41, 5.74) is 0.687. The van der Waals surface area contributed by atoms with Crippen LogP contribution in [0, 0.1) is 13.8 Å². The summed E-state index contributed by atoms with van der Waals surface area (Å²) in [5, 5.41) is 0. The van der Waals surface area contributed by atoms with Crippen molar-refractivity contribution in [1.82, 2.24) is 9.55 Å². The van der Waals surface area contributed by atoms with Crippen LogP contribution >= 0.6 is 23.1 Å². The van der Waals surface area contributed by atoms with Gasteiger partial charge >= 0.3 is 11.7 Å². The van der Waals surface area contributed by atoms with Gasteiger partial charge < -0.3 is 4.74 Å². The molecule has 0 aromatic heterocycles. The van der Waals surface area contributed by atoms with Gasteiger partial charge in [0.25, 0.3) is 10.0 Å². The lowest BCUT2D eigenvalue weighted by atomic mass is 9.99. The highest BCUT2D eigenvalue weighted by Crippen LogP contribution is 2.39. The number of hydrogen-bond acceptors (Lipinski definition) is 8. The summed E-state index contributed by atoms with van der Waals surface area (Å²) in [7, 11) is -4.13. The van der Waals surface area contributed by atoms with Crippen molar-refractivity contribution in [1.29, 1.82) is 0 Å². The summed E-state index contributed by atoms with van der Waals surface area (Å²) in [6.45, 7) is 5.16. The number of nitrogens with zero attached hydrogens (tertiary/aromatic N) is 2. The van der Waals surface area contributed by atoms with Crippen LogP contribution in [0.2, 0.25) is 0 Å². The second-order valence-electron chi connectivity index (χ2n) is 7.99. The molecule has 0 saturated heterocycles.